The lowest BCUT2D eigenvalue weighted by molar-refractivity contribution is -0.132. The molecule has 0 aliphatic carbocycles. The van der Waals surface area contributed by atoms with Crippen LogP contribution in [-0.2, 0) is 4.79 Å². The second kappa shape index (κ2) is 5.21. The summed E-state index contributed by atoms with van der Waals surface area (Å²) in [5, 5.41) is 0. The number of hydrogen-bond donors (Lipinski definition) is 0. The molecule has 1 aromatic rings. The summed E-state index contributed by atoms with van der Waals surface area (Å²) in [5.74, 6) is 1.46. The van der Waals surface area contributed by atoms with Gasteiger partial charge in [0.1, 0.15) is 5.44 Å². The van der Waals surface area contributed by atoms with E-state index in [4.69, 9.17) is 18.9 Å². The number of ether oxygens (including phenoxy) is 4. The lowest BCUT2D eigenvalue weighted by Gasteiger charge is -2.17. The number of thioether (sulfide) groups is 1. The number of fused-ring (bicyclic) bond motifs is 1. The van der Waals surface area contributed by atoms with Crippen molar-refractivity contribution in [3.63, 3.8) is 0 Å². The van der Waals surface area contributed by atoms with Crippen molar-refractivity contribution in [1.82, 2.24) is 0 Å². The summed E-state index contributed by atoms with van der Waals surface area (Å²) in [7, 11) is 3.03. The van der Waals surface area contributed by atoms with E-state index in [0.29, 0.717) is 23.0 Å². The zero-order valence-electron chi connectivity index (χ0n) is 11.5. The normalized spacial score (nSPS) is 16.6. The standard InChI is InChI=1S/C13H16O5S/c1-6-9(17-7(2)14)10(15-4)11(16-5)12-13(6)19-8(3)18-12/h8H,1-5H3. The molecule has 19 heavy (non-hydrogen) atoms. The Kier molecular flexibility index (Phi) is 3.80. The van der Waals surface area contributed by atoms with Crippen LogP contribution in [0, 0.1) is 6.92 Å². The molecule has 5 nitrogen and oxygen atoms in total. The summed E-state index contributed by atoms with van der Waals surface area (Å²) in [4.78, 5) is 12.2. The molecule has 0 radical (unpaired) electrons. The lowest BCUT2D eigenvalue weighted by atomic mass is 10.1. The van der Waals surface area contributed by atoms with Gasteiger partial charge in [-0.05, 0) is 13.8 Å². The van der Waals surface area contributed by atoms with Gasteiger partial charge in [-0.25, -0.2) is 0 Å². The van der Waals surface area contributed by atoms with Crippen LogP contribution in [0.5, 0.6) is 23.0 Å². The number of carbonyl (C=O) groups is 1. The Morgan fingerprint density at radius 2 is 1.84 bits per heavy atom. The highest BCUT2D eigenvalue weighted by Crippen LogP contribution is 2.56. The monoisotopic (exact) mass is 284 g/mol. The molecule has 0 N–H and O–H groups in total. The molecule has 1 heterocycles. The third-order valence-electron chi connectivity index (χ3n) is 2.73. The van der Waals surface area contributed by atoms with Crippen LogP contribution in [0.25, 0.3) is 0 Å². The van der Waals surface area contributed by atoms with Crippen molar-refractivity contribution >= 4 is 17.7 Å². The van der Waals surface area contributed by atoms with Gasteiger partial charge in [0.2, 0.25) is 11.5 Å². The Morgan fingerprint density at radius 1 is 1.21 bits per heavy atom. The fourth-order valence-electron chi connectivity index (χ4n) is 2.00. The summed E-state index contributed by atoms with van der Waals surface area (Å²) in [6.07, 6.45) is 0. The maximum absolute atomic E-state index is 11.2. The first-order chi connectivity index (χ1) is 8.99. The van der Waals surface area contributed by atoms with Crippen LogP contribution in [0.1, 0.15) is 19.4 Å². The molecule has 0 fully saturated rings. The number of esters is 1. The second-order valence-corrected chi connectivity index (χ2v) is 5.38. The van der Waals surface area contributed by atoms with Gasteiger partial charge in [-0.3, -0.25) is 4.79 Å². The van der Waals surface area contributed by atoms with E-state index in [2.05, 4.69) is 0 Å². The largest absolute Gasteiger partial charge is 0.490 e. The molecule has 1 unspecified atom stereocenters. The molecule has 104 valence electrons. The molecule has 0 saturated heterocycles. The molecule has 0 aromatic heterocycles. The maximum atomic E-state index is 11.2. The minimum absolute atomic E-state index is 0.0140. The average Bonchev–Trinajstić information content (AvgIpc) is 2.73. The first-order valence-electron chi connectivity index (χ1n) is 5.79. The predicted molar refractivity (Wildman–Crippen MR) is 71.5 cm³/mol. The predicted octanol–water partition coefficient (Wildman–Crippen LogP) is 2.77. The zero-order chi connectivity index (χ0) is 14.2. The molecule has 2 rings (SSSR count). The molecule has 0 bridgehead atoms. The first kappa shape index (κ1) is 13.9. The zero-order valence-corrected chi connectivity index (χ0v) is 12.3. The minimum Gasteiger partial charge on any atom is -0.490 e. The van der Waals surface area contributed by atoms with Crippen LogP contribution >= 0.6 is 11.8 Å². The Labute approximate surface area is 116 Å². The van der Waals surface area contributed by atoms with Crippen molar-refractivity contribution in [1.29, 1.82) is 0 Å². The van der Waals surface area contributed by atoms with Crippen LogP contribution in [0.4, 0.5) is 0 Å². The van der Waals surface area contributed by atoms with Crippen LogP contribution in [-0.4, -0.2) is 25.6 Å². The van der Waals surface area contributed by atoms with Crippen molar-refractivity contribution in [3.8, 4) is 23.0 Å². The van der Waals surface area contributed by atoms with Gasteiger partial charge in [0, 0.05) is 12.5 Å². The summed E-state index contributed by atoms with van der Waals surface area (Å²) in [6.45, 7) is 5.17. The fraction of sp³-hybridized carbons (Fsp3) is 0.462. The number of carbonyl (C=O) groups excluding carboxylic acids is 1. The molecule has 0 amide bonds. The topological polar surface area (TPSA) is 54.0 Å². The first-order valence-corrected chi connectivity index (χ1v) is 6.67. The van der Waals surface area contributed by atoms with E-state index in [1.165, 1.54) is 21.1 Å². The molecule has 6 heteroatoms. The Hall–Kier alpha value is -1.56. The SMILES string of the molecule is COc1c(OC(C)=O)c(C)c2c(c1OC)OC(C)S2. The molecule has 1 atom stereocenters. The Balaban J connectivity index is 2.67. The molecule has 1 aliphatic heterocycles. The van der Waals surface area contributed by atoms with Gasteiger partial charge >= 0.3 is 5.97 Å². The van der Waals surface area contributed by atoms with Gasteiger partial charge in [-0.2, -0.15) is 0 Å². The van der Waals surface area contributed by atoms with E-state index < -0.39 is 5.97 Å². The van der Waals surface area contributed by atoms with E-state index in [1.54, 1.807) is 11.8 Å². The van der Waals surface area contributed by atoms with Gasteiger partial charge in [-0.1, -0.05) is 11.8 Å². The van der Waals surface area contributed by atoms with Gasteiger partial charge in [0.25, 0.3) is 0 Å². The Morgan fingerprint density at radius 3 is 2.37 bits per heavy atom. The number of rotatable bonds is 3. The van der Waals surface area contributed by atoms with Crippen LogP contribution in [0.3, 0.4) is 0 Å². The smallest absolute Gasteiger partial charge is 0.308 e. The van der Waals surface area contributed by atoms with Crippen LogP contribution < -0.4 is 18.9 Å². The third-order valence-corrected chi connectivity index (χ3v) is 3.88. The molecule has 0 saturated carbocycles. The molecular formula is C13H16O5S. The van der Waals surface area contributed by atoms with Crippen molar-refractivity contribution in [2.75, 3.05) is 14.2 Å². The van der Waals surface area contributed by atoms with Crippen LogP contribution in [0.2, 0.25) is 0 Å². The van der Waals surface area contributed by atoms with Gasteiger partial charge < -0.3 is 18.9 Å². The van der Waals surface area contributed by atoms with E-state index in [1.807, 2.05) is 13.8 Å². The van der Waals surface area contributed by atoms with Gasteiger partial charge in [-0.15, -0.1) is 0 Å². The van der Waals surface area contributed by atoms with E-state index in [-0.39, 0.29) is 5.44 Å². The average molecular weight is 284 g/mol. The van der Waals surface area contributed by atoms with Gasteiger partial charge in [0.05, 0.1) is 19.1 Å². The fourth-order valence-corrected chi connectivity index (χ4v) is 2.99. The lowest BCUT2D eigenvalue weighted by Crippen LogP contribution is -2.07. The van der Waals surface area contributed by atoms with Crippen molar-refractivity contribution in [3.05, 3.63) is 5.56 Å². The molecule has 1 aromatic carbocycles. The highest BCUT2D eigenvalue weighted by atomic mass is 32.2. The van der Waals surface area contributed by atoms with E-state index in [9.17, 15) is 4.79 Å². The third kappa shape index (κ3) is 2.32. The Bertz CT molecular complexity index is 527. The highest BCUT2D eigenvalue weighted by molar-refractivity contribution is 8.00. The maximum Gasteiger partial charge on any atom is 0.308 e. The molecule has 0 spiro atoms. The number of methoxy groups -OCH3 is 2. The van der Waals surface area contributed by atoms with Crippen LogP contribution in [0.15, 0.2) is 4.90 Å². The quantitative estimate of drug-likeness (QED) is 0.628. The molecule has 1 aliphatic rings. The summed E-state index contributed by atoms with van der Waals surface area (Å²) < 4.78 is 21.7. The minimum atomic E-state index is -0.402. The number of hydrogen-bond acceptors (Lipinski definition) is 6. The second-order valence-electron chi connectivity index (χ2n) is 4.08. The van der Waals surface area contributed by atoms with Crippen molar-refractivity contribution in [2.24, 2.45) is 0 Å². The van der Waals surface area contributed by atoms with Crippen molar-refractivity contribution < 1.29 is 23.7 Å². The number of benzene rings is 1. The summed E-state index contributed by atoms with van der Waals surface area (Å²) >= 11 is 1.56. The van der Waals surface area contributed by atoms with E-state index >= 15 is 0 Å². The van der Waals surface area contributed by atoms with Crippen molar-refractivity contribution in [2.45, 2.75) is 31.1 Å². The summed E-state index contributed by atoms with van der Waals surface area (Å²) in [5.41, 5.74) is 0.803. The van der Waals surface area contributed by atoms with E-state index in [0.717, 1.165) is 10.5 Å². The molecular weight excluding hydrogens is 268 g/mol. The van der Waals surface area contributed by atoms with Gasteiger partial charge in [0.15, 0.2) is 11.5 Å². The highest BCUT2D eigenvalue weighted by Gasteiger charge is 2.33. The summed E-state index contributed by atoms with van der Waals surface area (Å²) in [6, 6.07) is 0.